The maximum atomic E-state index is 5.90. The lowest BCUT2D eigenvalue weighted by Crippen LogP contribution is -2.44. The van der Waals surface area contributed by atoms with E-state index in [0.29, 0.717) is 0 Å². The van der Waals surface area contributed by atoms with Crippen LogP contribution in [0.5, 0.6) is 0 Å². The number of pyridine rings is 1. The number of halogens is 1. The Bertz CT molecular complexity index is 176. The lowest BCUT2D eigenvalue weighted by atomic mass is 10.5. The Hall–Kier alpha value is -0.343. The van der Waals surface area contributed by atoms with Crippen molar-refractivity contribution < 1.29 is 4.23 Å². The van der Waals surface area contributed by atoms with E-state index in [9.17, 15) is 0 Å². The lowest BCUT2D eigenvalue weighted by Gasteiger charge is -1.92. The van der Waals surface area contributed by atoms with Crippen molar-refractivity contribution in [2.75, 3.05) is 0 Å². The highest BCUT2D eigenvalue weighted by Crippen LogP contribution is 1.83. The quantitative estimate of drug-likeness (QED) is 0.423. The predicted octanol–water partition coefficient (Wildman–Crippen LogP) is 0.911. The van der Waals surface area contributed by atoms with E-state index >= 15 is 0 Å². The van der Waals surface area contributed by atoms with Gasteiger partial charge in [-0.05, 0) is 12.1 Å². The minimum absolute atomic E-state index is 1.14. The molecule has 0 saturated carbocycles. The Balaban J connectivity index is 2.85. The Morgan fingerprint density at radius 1 is 1.22 bits per heavy atom. The number of aromatic nitrogens is 1. The van der Waals surface area contributed by atoms with E-state index in [0.717, 1.165) is 0 Å². The van der Waals surface area contributed by atoms with Crippen molar-refractivity contribution in [3.05, 3.63) is 30.6 Å². The minimum Gasteiger partial charge on any atom is -0.270 e. The van der Waals surface area contributed by atoms with Crippen molar-refractivity contribution >= 4 is 19.3 Å². The third kappa shape index (κ3) is 1.80. The van der Waals surface area contributed by atoms with Gasteiger partial charge in [0.1, 0.15) is 12.4 Å². The number of hydrogen-bond acceptors (Lipinski definition) is 0. The van der Waals surface area contributed by atoms with Gasteiger partial charge in [0, 0.05) is 6.55 Å². The smallest absolute Gasteiger partial charge is 0.270 e. The molecule has 9 heavy (non-hydrogen) atoms. The largest absolute Gasteiger partial charge is 0.445 e. The standard InChI is InChI=1S/C6H9ClNSi/c1-9(7)8-5-3-2-4-6-8/h2-6,9H,1H3/q+1. The van der Waals surface area contributed by atoms with Gasteiger partial charge >= 0.3 is 8.27 Å². The van der Waals surface area contributed by atoms with Gasteiger partial charge in [0.25, 0.3) is 0 Å². The summed E-state index contributed by atoms with van der Waals surface area (Å²) in [5.74, 6) is 0. The molecule has 0 spiro atoms. The maximum absolute atomic E-state index is 5.90. The molecule has 0 aliphatic heterocycles. The van der Waals surface area contributed by atoms with E-state index in [4.69, 9.17) is 11.1 Å². The Kier molecular flexibility index (Phi) is 2.25. The first kappa shape index (κ1) is 6.77. The fourth-order valence-corrected chi connectivity index (χ4v) is 1.71. The molecule has 1 heterocycles. The molecule has 0 N–H and O–H groups in total. The molecular formula is C6H9ClNSi+. The van der Waals surface area contributed by atoms with Gasteiger partial charge in [-0.1, -0.05) is 17.1 Å². The minimum atomic E-state index is -1.14. The van der Waals surface area contributed by atoms with Crippen LogP contribution in [0.1, 0.15) is 0 Å². The van der Waals surface area contributed by atoms with Gasteiger partial charge < -0.3 is 0 Å². The molecule has 1 nitrogen and oxygen atoms in total. The molecular weight excluding hydrogens is 150 g/mol. The van der Waals surface area contributed by atoms with Crippen LogP contribution in [0.25, 0.3) is 0 Å². The fourth-order valence-electron chi connectivity index (χ4n) is 0.649. The highest BCUT2D eigenvalue weighted by Gasteiger charge is 2.08. The monoisotopic (exact) mass is 158 g/mol. The lowest BCUT2D eigenvalue weighted by molar-refractivity contribution is -0.532. The van der Waals surface area contributed by atoms with Gasteiger partial charge in [-0.3, -0.25) is 4.23 Å². The zero-order chi connectivity index (χ0) is 6.69. The number of nitrogens with zero attached hydrogens (tertiary/aromatic N) is 1. The molecule has 1 atom stereocenters. The van der Waals surface area contributed by atoms with Gasteiger partial charge in [-0.25, -0.2) is 0 Å². The third-order valence-corrected chi connectivity index (χ3v) is 2.99. The van der Waals surface area contributed by atoms with E-state index in [1.807, 2.05) is 30.6 Å². The van der Waals surface area contributed by atoms with Gasteiger partial charge in [0.15, 0.2) is 0 Å². The predicted molar refractivity (Wildman–Crippen MR) is 40.9 cm³/mol. The maximum Gasteiger partial charge on any atom is 0.445 e. The van der Waals surface area contributed by atoms with Gasteiger partial charge in [0.05, 0.1) is 0 Å². The first-order valence-electron chi connectivity index (χ1n) is 2.90. The SMILES string of the molecule is C[SiH](Cl)[n+]1ccccc1. The van der Waals surface area contributed by atoms with Crippen LogP contribution in [0.4, 0.5) is 0 Å². The van der Waals surface area contributed by atoms with Crippen LogP contribution in [0.2, 0.25) is 6.55 Å². The molecule has 0 saturated heterocycles. The summed E-state index contributed by atoms with van der Waals surface area (Å²) < 4.78 is 2.07. The van der Waals surface area contributed by atoms with Crippen molar-refractivity contribution in [2.24, 2.45) is 0 Å². The second-order valence-electron chi connectivity index (χ2n) is 1.90. The van der Waals surface area contributed by atoms with Crippen molar-refractivity contribution in [1.29, 1.82) is 0 Å². The van der Waals surface area contributed by atoms with Crippen molar-refractivity contribution in [1.82, 2.24) is 0 Å². The summed E-state index contributed by atoms with van der Waals surface area (Å²) in [6.07, 6.45) is 4.01. The first-order chi connectivity index (χ1) is 4.30. The third-order valence-electron chi connectivity index (χ3n) is 1.15. The number of hydrogen-bond donors (Lipinski definition) is 0. The molecule has 0 aliphatic carbocycles. The zero-order valence-corrected chi connectivity index (χ0v) is 7.20. The molecule has 0 bridgehead atoms. The molecule has 1 aromatic heterocycles. The van der Waals surface area contributed by atoms with Crippen LogP contribution < -0.4 is 4.23 Å². The van der Waals surface area contributed by atoms with Crippen LogP contribution in [-0.4, -0.2) is 8.27 Å². The van der Waals surface area contributed by atoms with Gasteiger partial charge in [-0.2, -0.15) is 0 Å². The van der Waals surface area contributed by atoms with E-state index in [2.05, 4.69) is 10.8 Å². The second kappa shape index (κ2) is 2.99. The highest BCUT2D eigenvalue weighted by atomic mass is 35.6. The normalized spacial score (nSPS) is 13.1. The highest BCUT2D eigenvalue weighted by molar-refractivity contribution is 7.01. The summed E-state index contributed by atoms with van der Waals surface area (Å²) in [5.41, 5.74) is 0. The van der Waals surface area contributed by atoms with E-state index in [-0.39, 0.29) is 0 Å². The molecule has 0 fully saturated rings. The van der Waals surface area contributed by atoms with E-state index in [1.54, 1.807) is 0 Å². The Morgan fingerprint density at radius 3 is 2.11 bits per heavy atom. The van der Waals surface area contributed by atoms with Crippen LogP contribution >= 0.6 is 11.1 Å². The fraction of sp³-hybridized carbons (Fsp3) is 0.167. The number of rotatable bonds is 1. The van der Waals surface area contributed by atoms with Crippen molar-refractivity contribution in [3.63, 3.8) is 0 Å². The van der Waals surface area contributed by atoms with Crippen LogP contribution in [0.15, 0.2) is 30.6 Å². The summed E-state index contributed by atoms with van der Waals surface area (Å²) in [6.45, 7) is 2.07. The Labute approximate surface area is 61.3 Å². The molecule has 1 rings (SSSR count). The van der Waals surface area contributed by atoms with Crippen molar-refractivity contribution in [3.8, 4) is 0 Å². The summed E-state index contributed by atoms with van der Waals surface area (Å²) in [7, 11) is -1.14. The molecule has 0 aliphatic rings. The molecule has 48 valence electrons. The van der Waals surface area contributed by atoms with Crippen LogP contribution in [-0.2, 0) is 0 Å². The topological polar surface area (TPSA) is 3.88 Å². The molecule has 0 amide bonds. The van der Waals surface area contributed by atoms with E-state index in [1.165, 1.54) is 0 Å². The van der Waals surface area contributed by atoms with Crippen LogP contribution in [0, 0.1) is 0 Å². The van der Waals surface area contributed by atoms with Crippen LogP contribution in [0.3, 0.4) is 0 Å². The van der Waals surface area contributed by atoms with Gasteiger partial charge in [-0.15, -0.1) is 0 Å². The summed E-state index contributed by atoms with van der Waals surface area (Å²) >= 11 is 5.90. The Morgan fingerprint density at radius 2 is 1.78 bits per heavy atom. The molecule has 1 unspecified atom stereocenters. The molecule has 0 radical (unpaired) electrons. The summed E-state index contributed by atoms with van der Waals surface area (Å²) in [4.78, 5) is 0. The molecule has 1 aromatic rings. The second-order valence-corrected chi connectivity index (χ2v) is 5.54. The molecule has 3 heteroatoms. The van der Waals surface area contributed by atoms with Crippen molar-refractivity contribution in [2.45, 2.75) is 6.55 Å². The zero-order valence-electron chi connectivity index (χ0n) is 5.29. The summed E-state index contributed by atoms with van der Waals surface area (Å²) in [6, 6.07) is 5.97. The average Bonchev–Trinajstić information content (AvgIpc) is 1.90. The van der Waals surface area contributed by atoms with Gasteiger partial charge in [0.2, 0.25) is 0 Å². The van der Waals surface area contributed by atoms with E-state index < -0.39 is 8.27 Å². The molecule has 0 aromatic carbocycles. The first-order valence-corrected chi connectivity index (χ1v) is 6.32. The summed E-state index contributed by atoms with van der Waals surface area (Å²) in [5, 5.41) is 0. The average molecular weight is 159 g/mol.